The van der Waals surface area contributed by atoms with Gasteiger partial charge in [-0.05, 0) is 23.6 Å². The minimum atomic E-state index is -0.603. The second-order valence-corrected chi connectivity index (χ2v) is 7.29. The van der Waals surface area contributed by atoms with Gasteiger partial charge >= 0.3 is 0 Å². The first-order valence-corrected chi connectivity index (χ1v) is 9.91. The average molecular weight is 404 g/mol. The number of aliphatic hydroxyl groups is 1. The van der Waals surface area contributed by atoms with Crippen molar-refractivity contribution in [2.75, 3.05) is 39.5 Å². The number of nitrogens with one attached hydrogen (secondary N) is 1. The lowest BCUT2D eigenvalue weighted by Crippen LogP contribution is -2.52. The maximum absolute atomic E-state index is 12.9. The molecule has 9 heteroatoms. The molecule has 0 spiro atoms. The Morgan fingerprint density at radius 2 is 2.07 bits per heavy atom. The number of hydrogen-bond acceptors (Lipinski definition) is 7. The van der Waals surface area contributed by atoms with Crippen LogP contribution in [0.2, 0.25) is 0 Å². The monoisotopic (exact) mass is 404 g/mol. The summed E-state index contributed by atoms with van der Waals surface area (Å²) in [6.07, 6.45) is 0.601. The van der Waals surface area contributed by atoms with E-state index < -0.39 is 11.9 Å². The largest absolute Gasteiger partial charge is 0.394 e. The van der Waals surface area contributed by atoms with Crippen molar-refractivity contribution in [1.82, 2.24) is 15.1 Å². The van der Waals surface area contributed by atoms with E-state index in [-0.39, 0.29) is 24.8 Å². The average Bonchev–Trinajstić information content (AvgIpc) is 3.01. The van der Waals surface area contributed by atoms with Crippen LogP contribution < -0.4 is 11.1 Å². The minimum Gasteiger partial charge on any atom is -0.394 e. The highest BCUT2D eigenvalue weighted by molar-refractivity contribution is 6.05. The summed E-state index contributed by atoms with van der Waals surface area (Å²) in [7, 11) is 0. The number of rotatable bonds is 10. The smallest absolute Gasteiger partial charge is 0.255 e. The molecule has 1 unspecified atom stereocenters. The SMILES string of the molecule is NCCN(CCOCCO)Cc1ccc2c(c1)C(=O)N(C1CCC(=O)NC1=O)C2. The van der Waals surface area contributed by atoms with Gasteiger partial charge in [-0.15, -0.1) is 0 Å². The molecule has 9 nitrogen and oxygen atoms in total. The van der Waals surface area contributed by atoms with Gasteiger partial charge in [-0.1, -0.05) is 12.1 Å². The molecule has 0 bridgehead atoms. The fourth-order valence-corrected chi connectivity index (χ4v) is 3.77. The third kappa shape index (κ3) is 5.18. The summed E-state index contributed by atoms with van der Waals surface area (Å²) >= 11 is 0. The highest BCUT2D eigenvalue weighted by atomic mass is 16.5. The summed E-state index contributed by atoms with van der Waals surface area (Å²) in [6.45, 7) is 3.66. The second kappa shape index (κ2) is 9.93. The van der Waals surface area contributed by atoms with Crippen LogP contribution in [0.25, 0.3) is 0 Å². The number of amides is 3. The van der Waals surface area contributed by atoms with Crippen LogP contribution in [0.15, 0.2) is 18.2 Å². The van der Waals surface area contributed by atoms with Crippen LogP contribution in [0.5, 0.6) is 0 Å². The molecule has 1 aromatic rings. The van der Waals surface area contributed by atoms with E-state index in [9.17, 15) is 14.4 Å². The number of fused-ring (bicyclic) bond motifs is 1. The number of hydrogen-bond donors (Lipinski definition) is 3. The van der Waals surface area contributed by atoms with E-state index in [1.807, 2.05) is 18.2 Å². The molecule has 1 atom stereocenters. The maximum atomic E-state index is 12.9. The van der Waals surface area contributed by atoms with Crippen molar-refractivity contribution in [3.63, 3.8) is 0 Å². The topological polar surface area (TPSA) is 125 Å². The molecule has 2 heterocycles. The molecule has 3 amide bonds. The number of imide groups is 1. The van der Waals surface area contributed by atoms with Crippen molar-refractivity contribution in [2.45, 2.75) is 32.0 Å². The fraction of sp³-hybridized carbons (Fsp3) is 0.550. The Morgan fingerprint density at radius 1 is 1.24 bits per heavy atom. The summed E-state index contributed by atoms with van der Waals surface area (Å²) in [5, 5.41) is 11.1. The molecular formula is C20H28N4O5. The van der Waals surface area contributed by atoms with Crippen LogP contribution in [0.3, 0.4) is 0 Å². The Bertz CT molecular complexity index is 769. The standard InChI is InChI=1S/C20H28N4O5/c21-5-6-23(7-9-29-10-8-25)12-14-1-2-15-13-24(20(28)16(15)11-14)17-3-4-18(26)22-19(17)27/h1-2,11,17,25H,3-10,12-13,21H2,(H,22,26,27). The summed E-state index contributed by atoms with van der Waals surface area (Å²) in [5.41, 5.74) is 8.19. The maximum Gasteiger partial charge on any atom is 0.255 e. The highest BCUT2D eigenvalue weighted by Crippen LogP contribution is 2.28. The first kappa shape index (κ1) is 21.4. The number of ether oxygens (including phenoxy) is 1. The van der Waals surface area contributed by atoms with Gasteiger partial charge in [0.25, 0.3) is 5.91 Å². The Morgan fingerprint density at radius 3 is 2.79 bits per heavy atom. The van der Waals surface area contributed by atoms with Crippen molar-refractivity contribution in [3.05, 3.63) is 34.9 Å². The van der Waals surface area contributed by atoms with Crippen molar-refractivity contribution in [1.29, 1.82) is 0 Å². The number of carbonyl (C=O) groups is 3. The van der Waals surface area contributed by atoms with Crippen molar-refractivity contribution in [2.24, 2.45) is 5.73 Å². The molecule has 3 rings (SSSR count). The molecule has 4 N–H and O–H groups in total. The first-order chi connectivity index (χ1) is 14.0. The van der Waals surface area contributed by atoms with E-state index >= 15 is 0 Å². The fourth-order valence-electron chi connectivity index (χ4n) is 3.77. The van der Waals surface area contributed by atoms with E-state index in [2.05, 4.69) is 10.2 Å². The van der Waals surface area contributed by atoms with Gasteiger partial charge in [0.05, 0.1) is 19.8 Å². The van der Waals surface area contributed by atoms with Gasteiger partial charge in [0.1, 0.15) is 6.04 Å². The van der Waals surface area contributed by atoms with E-state index in [0.29, 0.717) is 57.9 Å². The van der Waals surface area contributed by atoms with E-state index in [1.165, 1.54) is 0 Å². The summed E-state index contributed by atoms with van der Waals surface area (Å²) in [4.78, 5) is 40.1. The Labute approximate surface area is 169 Å². The van der Waals surface area contributed by atoms with Gasteiger partial charge in [0.2, 0.25) is 11.8 Å². The van der Waals surface area contributed by atoms with Crippen molar-refractivity contribution < 1.29 is 24.2 Å². The van der Waals surface area contributed by atoms with E-state index in [1.54, 1.807) is 4.90 Å². The van der Waals surface area contributed by atoms with Crippen LogP contribution in [-0.2, 0) is 27.4 Å². The van der Waals surface area contributed by atoms with Crippen molar-refractivity contribution >= 4 is 17.7 Å². The van der Waals surface area contributed by atoms with E-state index in [4.69, 9.17) is 15.6 Å². The van der Waals surface area contributed by atoms with Crippen LogP contribution in [0.4, 0.5) is 0 Å². The number of nitrogens with two attached hydrogens (primary N) is 1. The lowest BCUT2D eigenvalue weighted by molar-refractivity contribution is -0.136. The molecule has 2 aliphatic heterocycles. The Kier molecular flexibility index (Phi) is 7.32. The van der Waals surface area contributed by atoms with Crippen LogP contribution in [-0.4, -0.2) is 78.1 Å². The molecule has 2 aliphatic rings. The Hall–Kier alpha value is -2.33. The van der Waals surface area contributed by atoms with Gasteiger partial charge in [0.15, 0.2) is 0 Å². The first-order valence-electron chi connectivity index (χ1n) is 9.91. The second-order valence-electron chi connectivity index (χ2n) is 7.29. The molecule has 1 fully saturated rings. The summed E-state index contributed by atoms with van der Waals surface area (Å²) in [6, 6.07) is 5.19. The minimum absolute atomic E-state index is 0.00645. The summed E-state index contributed by atoms with van der Waals surface area (Å²) in [5.74, 6) is -0.867. The molecular weight excluding hydrogens is 376 g/mol. The molecule has 1 saturated heterocycles. The third-order valence-electron chi connectivity index (χ3n) is 5.23. The Balaban J connectivity index is 1.66. The molecule has 29 heavy (non-hydrogen) atoms. The predicted molar refractivity (Wildman–Crippen MR) is 105 cm³/mol. The highest BCUT2D eigenvalue weighted by Gasteiger charge is 2.39. The molecule has 0 aromatic heterocycles. The normalized spacial score (nSPS) is 19.1. The zero-order chi connectivity index (χ0) is 20.8. The van der Waals surface area contributed by atoms with Crippen molar-refractivity contribution in [3.8, 4) is 0 Å². The van der Waals surface area contributed by atoms with Gasteiger partial charge in [0, 0.05) is 44.7 Å². The summed E-state index contributed by atoms with van der Waals surface area (Å²) < 4.78 is 5.33. The number of aliphatic hydroxyl groups excluding tert-OH is 1. The molecule has 158 valence electrons. The number of benzene rings is 1. The molecule has 1 aromatic carbocycles. The zero-order valence-electron chi connectivity index (χ0n) is 16.4. The number of carbonyl (C=O) groups excluding carboxylic acids is 3. The lowest BCUT2D eigenvalue weighted by Gasteiger charge is -2.29. The lowest BCUT2D eigenvalue weighted by atomic mass is 10.0. The zero-order valence-corrected chi connectivity index (χ0v) is 16.4. The van der Waals surface area contributed by atoms with Crippen LogP contribution >= 0.6 is 0 Å². The molecule has 0 radical (unpaired) electrons. The number of nitrogens with zero attached hydrogens (tertiary/aromatic N) is 2. The van der Waals surface area contributed by atoms with Gasteiger partial charge in [-0.25, -0.2) is 0 Å². The predicted octanol–water partition coefficient (Wildman–Crippen LogP) is -0.783. The third-order valence-corrected chi connectivity index (χ3v) is 5.23. The molecule has 0 saturated carbocycles. The van der Waals surface area contributed by atoms with Gasteiger partial charge < -0.3 is 20.5 Å². The van der Waals surface area contributed by atoms with Gasteiger partial charge in [-0.2, -0.15) is 0 Å². The number of piperidine rings is 1. The quantitative estimate of drug-likeness (QED) is 0.345. The van der Waals surface area contributed by atoms with E-state index in [0.717, 1.165) is 11.1 Å². The van der Waals surface area contributed by atoms with Gasteiger partial charge in [-0.3, -0.25) is 24.6 Å². The van der Waals surface area contributed by atoms with Crippen LogP contribution in [0, 0.1) is 0 Å². The van der Waals surface area contributed by atoms with Crippen LogP contribution in [0.1, 0.15) is 34.3 Å². The molecule has 0 aliphatic carbocycles.